The fourth-order valence-electron chi connectivity index (χ4n) is 1.57. The number of ether oxygens (including phenoxy) is 2. The number of nitrogens with two attached hydrogens (primary N) is 1. The Bertz CT molecular complexity index is 748. The van der Waals surface area contributed by atoms with Gasteiger partial charge < -0.3 is 9.47 Å². The number of nitrogens with zero attached hydrogens (tertiary/aromatic N) is 3. The van der Waals surface area contributed by atoms with Crippen LogP contribution in [0, 0.1) is 17.1 Å². The molecule has 0 heterocycles. The molecule has 2 amide bonds. The highest BCUT2D eigenvalue weighted by Crippen LogP contribution is 2.17. The van der Waals surface area contributed by atoms with Gasteiger partial charge in [0, 0.05) is 14.1 Å². The highest BCUT2D eigenvalue weighted by Gasteiger charge is 2.20. The van der Waals surface area contributed by atoms with E-state index in [0.717, 1.165) is 16.1 Å². The molecule has 1 rings (SSSR count). The number of nitriles is 1. The van der Waals surface area contributed by atoms with E-state index < -0.39 is 29.2 Å². The number of hydrogen-bond acceptors (Lipinski definition) is 7. The van der Waals surface area contributed by atoms with Crippen LogP contribution in [0.15, 0.2) is 18.2 Å². The van der Waals surface area contributed by atoms with E-state index >= 15 is 0 Å². The first-order chi connectivity index (χ1) is 13.1. The maximum absolute atomic E-state index is 13.5. The molecule has 0 bridgehead atoms. The van der Waals surface area contributed by atoms with Crippen LogP contribution in [0.2, 0.25) is 0 Å². The van der Waals surface area contributed by atoms with Crippen LogP contribution in [0.1, 0.15) is 47.1 Å². The van der Waals surface area contributed by atoms with E-state index in [4.69, 9.17) is 20.6 Å². The largest absolute Gasteiger partial charge is 0.443 e. The summed E-state index contributed by atoms with van der Waals surface area (Å²) in [7, 11) is 2.85. The molecule has 0 saturated heterocycles. The molecule has 0 aliphatic carbocycles. The van der Waals surface area contributed by atoms with Crippen molar-refractivity contribution in [2.24, 2.45) is 5.84 Å². The third-order valence-electron chi connectivity index (χ3n) is 2.73. The molecule has 29 heavy (non-hydrogen) atoms. The van der Waals surface area contributed by atoms with Gasteiger partial charge in [-0.05, 0) is 59.7 Å². The van der Waals surface area contributed by atoms with Gasteiger partial charge in [0.2, 0.25) is 0 Å². The fourth-order valence-corrected chi connectivity index (χ4v) is 1.57. The quantitative estimate of drug-likeness (QED) is 0.433. The van der Waals surface area contributed by atoms with E-state index in [1.165, 1.54) is 26.2 Å². The van der Waals surface area contributed by atoms with E-state index in [9.17, 15) is 14.0 Å². The summed E-state index contributed by atoms with van der Waals surface area (Å²) < 4.78 is 23.5. The number of nitrogens with one attached hydrogen (secondary N) is 1. The summed E-state index contributed by atoms with van der Waals surface area (Å²) in [5.74, 6) is 4.54. The minimum absolute atomic E-state index is 0.0346. The van der Waals surface area contributed by atoms with Crippen LogP contribution in [0.4, 0.5) is 19.7 Å². The van der Waals surface area contributed by atoms with Gasteiger partial charge in [0.1, 0.15) is 17.0 Å². The number of benzene rings is 1. The van der Waals surface area contributed by atoms with Crippen molar-refractivity contribution in [1.29, 1.82) is 5.26 Å². The van der Waals surface area contributed by atoms with Gasteiger partial charge in [-0.25, -0.2) is 29.8 Å². The second kappa shape index (κ2) is 10.5. The Balaban J connectivity index is 0.000000665. The van der Waals surface area contributed by atoms with Crippen molar-refractivity contribution in [3.05, 3.63) is 29.6 Å². The monoisotopic (exact) mass is 411 g/mol. The Labute approximate surface area is 171 Å². The second-order valence-corrected chi connectivity index (χ2v) is 8.05. The van der Waals surface area contributed by atoms with Crippen molar-refractivity contribution in [3.63, 3.8) is 0 Å². The summed E-state index contributed by atoms with van der Waals surface area (Å²) in [4.78, 5) is 22.4. The molecule has 3 N–H and O–H groups in total. The van der Waals surface area contributed by atoms with Gasteiger partial charge in [-0.3, -0.25) is 5.43 Å². The SMILES string of the molecule is CN(N)C(=O)OC(C)(C)C.CN(Nc1cc(C#N)ccc1F)C(=O)OC(C)(C)C. The number of hydrogen-bond donors (Lipinski definition) is 2. The van der Waals surface area contributed by atoms with Gasteiger partial charge in [0.15, 0.2) is 0 Å². The zero-order valence-electron chi connectivity index (χ0n) is 18.2. The number of anilines is 1. The van der Waals surface area contributed by atoms with Crippen molar-refractivity contribution in [3.8, 4) is 6.07 Å². The minimum atomic E-state index is -0.644. The molecule has 1 aromatic rings. The first-order valence-electron chi connectivity index (χ1n) is 8.70. The van der Waals surface area contributed by atoms with Crippen molar-refractivity contribution in [1.82, 2.24) is 10.0 Å². The molecule has 0 aromatic heterocycles. The summed E-state index contributed by atoms with van der Waals surface area (Å²) in [5.41, 5.74) is 1.76. The minimum Gasteiger partial charge on any atom is -0.443 e. The molecule has 0 fully saturated rings. The molecule has 0 aliphatic heterocycles. The van der Waals surface area contributed by atoms with Gasteiger partial charge >= 0.3 is 12.2 Å². The van der Waals surface area contributed by atoms with Crippen LogP contribution in [-0.2, 0) is 9.47 Å². The van der Waals surface area contributed by atoms with Crippen LogP contribution in [0.5, 0.6) is 0 Å². The molecular weight excluding hydrogens is 381 g/mol. The molecule has 0 saturated carbocycles. The Kier molecular flexibility index (Phi) is 9.37. The topological polar surface area (TPSA) is 121 Å². The molecule has 9 nitrogen and oxygen atoms in total. The van der Waals surface area contributed by atoms with Gasteiger partial charge in [-0.1, -0.05) is 0 Å². The average Bonchev–Trinajstić information content (AvgIpc) is 2.54. The molecule has 0 spiro atoms. The lowest BCUT2D eigenvalue weighted by atomic mass is 10.2. The van der Waals surface area contributed by atoms with Gasteiger partial charge in [-0.15, -0.1) is 0 Å². The van der Waals surface area contributed by atoms with E-state index in [0.29, 0.717) is 5.56 Å². The standard InChI is InChI=1S/C13H16FN3O2.C6H14N2O2/c1-13(2,3)19-12(18)17(4)16-11-7-9(8-15)5-6-10(11)14;1-6(2,3)10-5(9)8(4)7/h5-7,16H,1-4H3;7H2,1-4H3. The van der Waals surface area contributed by atoms with E-state index in [1.54, 1.807) is 41.5 Å². The van der Waals surface area contributed by atoms with Gasteiger partial charge in [0.25, 0.3) is 0 Å². The number of halogens is 1. The van der Waals surface area contributed by atoms with Crippen LogP contribution >= 0.6 is 0 Å². The summed E-state index contributed by atoms with van der Waals surface area (Å²) in [5, 5.41) is 10.7. The Morgan fingerprint density at radius 2 is 1.55 bits per heavy atom. The Hall–Kier alpha value is -3.06. The van der Waals surface area contributed by atoms with Crippen LogP contribution in [0.25, 0.3) is 0 Å². The molecule has 0 radical (unpaired) electrons. The molecule has 0 atom stereocenters. The van der Waals surface area contributed by atoms with E-state index in [2.05, 4.69) is 5.43 Å². The first kappa shape index (κ1) is 25.9. The van der Waals surface area contributed by atoms with Gasteiger partial charge in [0.05, 0.1) is 17.3 Å². The van der Waals surface area contributed by atoms with E-state index in [-0.39, 0.29) is 5.69 Å². The highest BCUT2D eigenvalue weighted by atomic mass is 19.1. The van der Waals surface area contributed by atoms with Crippen LogP contribution in [-0.4, -0.2) is 47.5 Å². The molecule has 162 valence electrons. The molecule has 0 aliphatic rings. The van der Waals surface area contributed by atoms with Crippen molar-refractivity contribution in [2.75, 3.05) is 19.5 Å². The van der Waals surface area contributed by atoms with Crippen molar-refractivity contribution in [2.45, 2.75) is 52.7 Å². The molecule has 0 unspecified atom stereocenters. The third-order valence-corrected chi connectivity index (χ3v) is 2.73. The number of carbonyl (C=O) groups excluding carboxylic acids is 2. The highest BCUT2D eigenvalue weighted by molar-refractivity contribution is 5.70. The first-order valence-corrected chi connectivity index (χ1v) is 8.70. The maximum Gasteiger partial charge on any atom is 0.428 e. The zero-order valence-corrected chi connectivity index (χ0v) is 18.2. The Morgan fingerprint density at radius 3 is 1.93 bits per heavy atom. The van der Waals surface area contributed by atoms with E-state index in [1.807, 2.05) is 6.07 Å². The predicted octanol–water partition coefficient (Wildman–Crippen LogP) is 3.62. The van der Waals surface area contributed by atoms with Crippen LogP contribution in [0.3, 0.4) is 0 Å². The lowest BCUT2D eigenvalue weighted by Crippen LogP contribution is -2.38. The number of rotatable bonds is 2. The number of hydrazine groups is 2. The molecule has 10 heteroatoms. The number of carbonyl (C=O) groups is 2. The maximum atomic E-state index is 13.5. The third kappa shape index (κ3) is 11.4. The van der Waals surface area contributed by atoms with Crippen molar-refractivity contribution < 1.29 is 23.5 Å². The normalized spacial score (nSPS) is 10.7. The molecule has 1 aromatic carbocycles. The van der Waals surface area contributed by atoms with Crippen LogP contribution < -0.4 is 11.3 Å². The second-order valence-electron chi connectivity index (χ2n) is 8.05. The zero-order chi connectivity index (χ0) is 23.0. The summed E-state index contributed by atoms with van der Waals surface area (Å²) >= 11 is 0. The molecular formula is C19H30FN5O4. The lowest BCUT2D eigenvalue weighted by Gasteiger charge is -2.25. The predicted molar refractivity (Wildman–Crippen MR) is 107 cm³/mol. The summed E-state index contributed by atoms with van der Waals surface area (Å²) in [6, 6.07) is 5.72. The number of amides is 2. The summed E-state index contributed by atoms with van der Waals surface area (Å²) in [6.45, 7) is 10.6. The lowest BCUT2D eigenvalue weighted by molar-refractivity contribution is 0.0295. The van der Waals surface area contributed by atoms with Gasteiger partial charge in [-0.2, -0.15) is 5.26 Å². The Morgan fingerprint density at radius 1 is 1.07 bits per heavy atom. The summed E-state index contributed by atoms with van der Waals surface area (Å²) in [6.07, 6.45) is -1.17. The smallest absolute Gasteiger partial charge is 0.428 e. The fraction of sp³-hybridized carbons (Fsp3) is 0.526. The average molecular weight is 411 g/mol. The van der Waals surface area contributed by atoms with Crippen molar-refractivity contribution >= 4 is 17.9 Å².